The van der Waals surface area contributed by atoms with Gasteiger partial charge in [0.25, 0.3) is 0 Å². The van der Waals surface area contributed by atoms with E-state index in [1.165, 1.54) is 19.3 Å². The van der Waals surface area contributed by atoms with Crippen LogP contribution in [0.15, 0.2) is 82.8 Å². The first-order valence-corrected chi connectivity index (χ1v) is 14.5. The predicted octanol–water partition coefficient (Wildman–Crippen LogP) is 2.44. The van der Waals surface area contributed by atoms with Crippen LogP contribution >= 0.6 is 0 Å². The van der Waals surface area contributed by atoms with Gasteiger partial charge in [0.15, 0.2) is 9.84 Å². The number of carboxylic acids is 1. The summed E-state index contributed by atoms with van der Waals surface area (Å²) in [4.78, 5) is 16.3. The molecule has 37 heavy (non-hydrogen) atoms. The molecule has 1 atom stereocenters. The van der Waals surface area contributed by atoms with Crippen LogP contribution in [0.4, 0.5) is 0 Å². The van der Waals surface area contributed by atoms with Crippen LogP contribution in [0.3, 0.4) is 0 Å². The summed E-state index contributed by atoms with van der Waals surface area (Å²) in [5.41, 5.74) is 2.74. The molecule has 0 aromatic heterocycles. The van der Waals surface area contributed by atoms with Gasteiger partial charge in [-0.15, -0.1) is 5.90 Å². The first-order chi connectivity index (χ1) is 17.4. The number of aliphatic carboxylic acids is 1. The van der Waals surface area contributed by atoms with E-state index in [1.807, 2.05) is 0 Å². The second-order valence-electron chi connectivity index (χ2n) is 8.38. The molecule has 3 N–H and O–H groups in total. The van der Waals surface area contributed by atoms with Crippen LogP contribution in [-0.4, -0.2) is 57.8 Å². The Labute approximate surface area is 215 Å². The van der Waals surface area contributed by atoms with Gasteiger partial charge in [-0.05, 0) is 34.7 Å². The molecular weight excluding hydrogens is 518 g/mol. The monoisotopic (exact) mass is 545 g/mol. The first kappa shape index (κ1) is 28.0. The van der Waals surface area contributed by atoms with Crippen molar-refractivity contribution in [3.05, 3.63) is 89.5 Å². The third kappa shape index (κ3) is 7.23. The number of benzene rings is 3. The summed E-state index contributed by atoms with van der Waals surface area (Å²) in [5, 5.41) is 13.2. The number of nitrogens with two attached hydrogens (primary N) is 1. The number of hydrogen-bond acceptors (Lipinski definition) is 8. The van der Waals surface area contributed by atoms with E-state index < -0.39 is 37.6 Å². The average molecular weight is 546 g/mol. The van der Waals surface area contributed by atoms with Crippen molar-refractivity contribution in [1.82, 2.24) is 4.31 Å². The van der Waals surface area contributed by atoms with Gasteiger partial charge in [0.1, 0.15) is 6.04 Å². The Bertz CT molecular complexity index is 1500. The lowest BCUT2D eigenvalue weighted by Gasteiger charge is -2.24. The van der Waals surface area contributed by atoms with E-state index in [1.54, 1.807) is 66.7 Å². The van der Waals surface area contributed by atoms with E-state index in [-0.39, 0.29) is 11.3 Å². The molecule has 0 bridgehead atoms. The summed E-state index contributed by atoms with van der Waals surface area (Å²) >= 11 is 0. The summed E-state index contributed by atoms with van der Waals surface area (Å²) in [6.07, 6.45) is 2.40. The van der Waals surface area contributed by atoms with E-state index in [9.17, 15) is 26.7 Å². The van der Waals surface area contributed by atoms with Gasteiger partial charge in [-0.3, -0.25) is 4.79 Å². The molecule has 0 heterocycles. The maximum absolute atomic E-state index is 13.1. The number of oxime groups is 1. The number of sulfone groups is 1. The number of likely N-dealkylation sites (N-methyl/N-ethyl adjacent to an activating group) is 1. The van der Waals surface area contributed by atoms with E-state index in [0.717, 1.165) is 10.6 Å². The van der Waals surface area contributed by atoms with Crippen molar-refractivity contribution in [3.8, 4) is 11.1 Å². The molecule has 0 fully saturated rings. The number of rotatable bonds is 11. The number of nitrogens with zero attached hydrogens (tertiary/aromatic N) is 2. The molecule has 0 amide bonds. The second-order valence-corrected chi connectivity index (χ2v) is 12.4. The Morgan fingerprint density at radius 1 is 1.03 bits per heavy atom. The third-order valence-corrected chi connectivity index (χ3v) is 8.69. The molecule has 1 unspecified atom stereocenters. The number of sulfonamides is 1. The Balaban J connectivity index is 1.81. The van der Waals surface area contributed by atoms with Crippen molar-refractivity contribution >= 4 is 32.0 Å². The standard InChI is InChI=1S/C25H27N3O7S2/c1-28(23(25(29)30)15-19-6-5-7-20(14-19)16-27-35-26)37(33,34)17-18-10-12-21(13-11-18)22-8-3-4-9-24(22)36(2,31)32/h3-14,16,23H,15,17,26H2,1-2H3,(H,29,30)/b27-16+. The van der Waals surface area contributed by atoms with Gasteiger partial charge < -0.3 is 10.0 Å². The van der Waals surface area contributed by atoms with Crippen LogP contribution in [0.25, 0.3) is 11.1 Å². The highest BCUT2D eigenvalue weighted by Crippen LogP contribution is 2.28. The highest BCUT2D eigenvalue weighted by molar-refractivity contribution is 7.90. The van der Waals surface area contributed by atoms with Gasteiger partial charge in [-0.2, -0.15) is 4.31 Å². The van der Waals surface area contributed by atoms with Crippen molar-refractivity contribution in [3.63, 3.8) is 0 Å². The average Bonchev–Trinajstić information content (AvgIpc) is 2.85. The summed E-state index contributed by atoms with van der Waals surface area (Å²) < 4.78 is 51.3. The molecule has 0 spiro atoms. The van der Waals surface area contributed by atoms with Gasteiger partial charge in [0.2, 0.25) is 10.0 Å². The largest absolute Gasteiger partial charge is 0.480 e. The lowest BCUT2D eigenvalue weighted by molar-refractivity contribution is -0.141. The summed E-state index contributed by atoms with van der Waals surface area (Å²) in [6, 6.07) is 18.4. The summed E-state index contributed by atoms with van der Waals surface area (Å²) in [6.45, 7) is 0. The maximum Gasteiger partial charge on any atom is 0.322 e. The molecule has 0 aliphatic heterocycles. The van der Waals surface area contributed by atoms with Gasteiger partial charge >= 0.3 is 5.97 Å². The molecule has 3 aromatic carbocycles. The predicted molar refractivity (Wildman–Crippen MR) is 140 cm³/mol. The van der Waals surface area contributed by atoms with Crippen LogP contribution in [0.2, 0.25) is 0 Å². The molecule has 0 radical (unpaired) electrons. The topological polar surface area (TPSA) is 156 Å². The Morgan fingerprint density at radius 3 is 2.32 bits per heavy atom. The molecule has 0 aliphatic rings. The SMILES string of the molecule is CN(C(Cc1cccc(/C=N/ON)c1)C(=O)O)S(=O)(=O)Cc1ccc(-c2ccccc2S(C)(=O)=O)cc1. The van der Waals surface area contributed by atoms with Crippen molar-refractivity contribution in [2.75, 3.05) is 13.3 Å². The second kappa shape index (κ2) is 11.6. The quantitative estimate of drug-likeness (QED) is 0.275. The summed E-state index contributed by atoms with van der Waals surface area (Å²) in [5.74, 6) is 3.16. The van der Waals surface area contributed by atoms with E-state index in [4.69, 9.17) is 5.90 Å². The number of hydrogen-bond donors (Lipinski definition) is 2. The minimum absolute atomic E-state index is 0.0720. The van der Waals surface area contributed by atoms with Crippen molar-refractivity contribution < 1.29 is 31.7 Å². The highest BCUT2D eigenvalue weighted by Gasteiger charge is 2.32. The van der Waals surface area contributed by atoms with Gasteiger partial charge in [-0.1, -0.05) is 71.9 Å². The zero-order valence-electron chi connectivity index (χ0n) is 20.2. The Kier molecular flexibility index (Phi) is 8.81. The molecular formula is C25H27N3O7S2. The molecule has 0 saturated carbocycles. The minimum Gasteiger partial charge on any atom is -0.480 e. The number of carbonyl (C=O) groups is 1. The van der Waals surface area contributed by atoms with Crippen LogP contribution in [-0.2, 0) is 41.8 Å². The molecule has 3 rings (SSSR count). The van der Waals surface area contributed by atoms with Crippen LogP contribution in [0.1, 0.15) is 16.7 Å². The van der Waals surface area contributed by atoms with E-state index >= 15 is 0 Å². The van der Waals surface area contributed by atoms with Crippen molar-refractivity contribution in [1.29, 1.82) is 0 Å². The lowest BCUT2D eigenvalue weighted by atomic mass is 10.0. The smallest absolute Gasteiger partial charge is 0.322 e. The fourth-order valence-corrected chi connectivity index (χ4v) is 6.08. The molecule has 12 heteroatoms. The summed E-state index contributed by atoms with van der Waals surface area (Å²) in [7, 11) is -6.24. The van der Waals surface area contributed by atoms with Crippen molar-refractivity contribution in [2.24, 2.45) is 11.1 Å². The fraction of sp³-hybridized carbons (Fsp3) is 0.200. The van der Waals surface area contributed by atoms with Crippen LogP contribution in [0.5, 0.6) is 0 Å². The highest BCUT2D eigenvalue weighted by atomic mass is 32.2. The number of carboxylic acid groups (broad SMARTS) is 1. The van der Waals surface area contributed by atoms with E-state index in [0.29, 0.717) is 27.8 Å². The normalized spacial score (nSPS) is 13.1. The minimum atomic E-state index is -4.02. The molecule has 0 saturated heterocycles. The molecule has 10 nitrogen and oxygen atoms in total. The van der Waals surface area contributed by atoms with Crippen LogP contribution < -0.4 is 5.90 Å². The molecule has 196 valence electrons. The van der Waals surface area contributed by atoms with Crippen molar-refractivity contribution in [2.45, 2.75) is 23.1 Å². The maximum atomic E-state index is 13.1. The Morgan fingerprint density at radius 2 is 1.70 bits per heavy atom. The fourth-order valence-electron chi connectivity index (χ4n) is 3.80. The zero-order valence-corrected chi connectivity index (χ0v) is 21.8. The zero-order chi connectivity index (χ0) is 27.2. The Hall–Kier alpha value is -3.58. The van der Waals surface area contributed by atoms with E-state index in [2.05, 4.69) is 10.1 Å². The molecule has 3 aromatic rings. The van der Waals surface area contributed by atoms with Gasteiger partial charge in [0, 0.05) is 18.9 Å². The third-order valence-electron chi connectivity index (χ3n) is 5.71. The molecule has 0 aliphatic carbocycles. The van der Waals surface area contributed by atoms with Crippen LogP contribution in [0, 0.1) is 0 Å². The first-order valence-electron chi connectivity index (χ1n) is 11.0. The van der Waals surface area contributed by atoms with Gasteiger partial charge in [0.05, 0.1) is 16.9 Å². The van der Waals surface area contributed by atoms with Gasteiger partial charge in [-0.25, -0.2) is 16.8 Å². The lowest BCUT2D eigenvalue weighted by Crippen LogP contribution is -2.44.